The van der Waals surface area contributed by atoms with Gasteiger partial charge in [-0.25, -0.2) is 9.97 Å². The molecule has 170 valence electrons. The van der Waals surface area contributed by atoms with Crippen molar-refractivity contribution in [1.29, 1.82) is 0 Å². The fourth-order valence-corrected chi connectivity index (χ4v) is 4.72. The zero-order chi connectivity index (χ0) is 23.7. The third-order valence-electron chi connectivity index (χ3n) is 6.13. The molecule has 0 saturated carbocycles. The van der Waals surface area contributed by atoms with Crippen LogP contribution in [0.2, 0.25) is 5.02 Å². The smallest absolute Gasteiger partial charge is 0.383 e. The number of hydrogen-bond donors (Lipinski definition) is 1. The predicted octanol–water partition coefficient (Wildman–Crippen LogP) is 4.53. The molecule has 3 aromatic heterocycles. The molecule has 1 amide bonds. The number of alkyl halides is 3. The lowest BCUT2D eigenvalue weighted by Gasteiger charge is -2.26. The molecule has 1 atom stereocenters. The lowest BCUT2D eigenvalue weighted by Crippen LogP contribution is -2.30. The van der Waals surface area contributed by atoms with Crippen molar-refractivity contribution in [2.24, 2.45) is 7.05 Å². The number of halogens is 4. The molecular weight excluding hydrogens is 457 g/mol. The van der Waals surface area contributed by atoms with E-state index in [2.05, 4.69) is 15.1 Å². The minimum atomic E-state index is -4.51. The topological polar surface area (TPSA) is 89.9 Å². The van der Waals surface area contributed by atoms with E-state index in [0.29, 0.717) is 46.2 Å². The zero-order valence-electron chi connectivity index (χ0n) is 17.6. The number of rotatable bonds is 2. The summed E-state index contributed by atoms with van der Waals surface area (Å²) in [5, 5.41) is 5.77. The highest BCUT2D eigenvalue weighted by molar-refractivity contribution is 6.35. The number of nitrogens with zero attached hydrogens (tertiary/aromatic N) is 5. The van der Waals surface area contributed by atoms with Crippen LogP contribution < -0.4 is 5.73 Å². The molecule has 2 N–H and O–H groups in total. The van der Waals surface area contributed by atoms with Crippen molar-refractivity contribution in [3.05, 3.63) is 58.0 Å². The van der Waals surface area contributed by atoms with Crippen molar-refractivity contribution < 1.29 is 18.0 Å². The van der Waals surface area contributed by atoms with E-state index in [1.165, 1.54) is 11.0 Å². The second kappa shape index (κ2) is 7.31. The predicted molar refractivity (Wildman–Crippen MR) is 118 cm³/mol. The molecular formula is C22H18ClF3N6O. The summed E-state index contributed by atoms with van der Waals surface area (Å²) in [5.74, 6) is -0.0436. The van der Waals surface area contributed by atoms with Crippen LogP contribution in [0.4, 0.5) is 19.0 Å². The Labute approximate surface area is 191 Å². The normalized spacial score (nSPS) is 15.9. The van der Waals surface area contributed by atoms with E-state index in [4.69, 9.17) is 17.3 Å². The number of nitrogen functional groups attached to an aromatic ring is 1. The van der Waals surface area contributed by atoms with Gasteiger partial charge >= 0.3 is 6.18 Å². The number of anilines is 1. The zero-order valence-corrected chi connectivity index (χ0v) is 18.4. The van der Waals surface area contributed by atoms with Crippen LogP contribution in [-0.2, 0) is 19.6 Å². The minimum Gasteiger partial charge on any atom is -0.383 e. The van der Waals surface area contributed by atoms with Crippen LogP contribution in [0, 0.1) is 0 Å². The maximum absolute atomic E-state index is 13.4. The van der Waals surface area contributed by atoms with Gasteiger partial charge in [0.1, 0.15) is 11.5 Å². The number of carbonyl (C=O) groups is 1. The van der Waals surface area contributed by atoms with E-state index >= 15 is 0 Å². The van der Waals surface area contributed by atoms with Gasteiger partial charge in [-0.3, -0.25) is 9.48 Å². The SMILES string of the molecule is CN(C(=O)c1cc2c(cc1Cl)nc(N)c1cnn(C)c12)C1CCc2nc(C(F)(F)F)ccc21. The molecule has 3 heterocycles. The van der Waals surface area contributed by atoms with Crippen molar-refractivity contribution in [3.8, 4) is 0 Å². The second-order valence-corrected chi connectivity index (χ2v) is 8.48. The van der Waals surface area contributed by atoms with Gasteiger partial charge < -0.3 is 10.6 Å². The van der Waals surface area contributed by atoms with Gasteiger partial charge in [0, 0.05) is 25.2 Å². The maximum Gasteiger partial charge on any atom is 0.433 e. The highest BCUT2D eigenvalue weighted by Gasteiger charge is 2.36. The van der Waals surface area contributed by atoms with E-state index in [1.54, 1.807) is 37.1 Å². The van der Waals surface area contributed by atoms with Crippen LogP contribution >= 0.6 is 11.6 Å². The van der Waals surface area contributed by atoms with Gasteiger partial charge in [-0.2, -0.15) is 18.3 Å². The number of aromatic nitrogens is 4. The van der Waals surface area contributed by atoms with Gasteiger partial charge in [0.25, 0.3) is 5.91 Å². The van der Waals surface area contributed by atoms with E-state index in [9.17, 15) is 18.0 Å². The van der Waals surface area contributed by atoms with Crippen molar-refractivity contribution in [2.45, 2.75) is 25.1 Å². The van der Waals surface area contributed by atoms with Gasteiger partial charge in [0.2, 0.25) is 0 Å². The molecule has 1 aliphatic rings. The lowest BCUT2D eigenvalue weighted by molar-refractivity contribution is -0.141. The Morgan fingerprint density at radius 1 is 1.24 bits per heavy atom. The van der Waals surface area contributed by atoms with Gasteiger partial charge in [-0.05, 0) is 36.6 Å². The quantitative estimate of drug-likeness (QED) is 0.461. The van der Waals surface area contributed by atoms with Gasteiger partial charge in [-0.15, -0.1) is 0 Å². The Morgan fingerprint density at radius 2 is 2.00 bits per heavy atom. The van der Waals surface area contributed by atoms with Crippen LogP contribution in [0.15, 0.2) is 30.5 Å². The Hall–Kier alpha value is -3.40. The van der Waals surface area contributed by atoms with Gasteiger partial charge in [0.05, 0.1) is 39.2 Å². The monoisotopic (exact) mass is 474 g/mol. The van der Waals surface area contributed by atoms with Crippen LogP contribution in [0.5, 0.6) is 0 Å². The summed E-state index contributed by atoms with van der Waals surface area (Å²) in [6, 6.07) is 5.19. The summed E-state index contributed by atoms with van der Waals surface area (Å²) < 4.78 is 40.7. The highest BCUT2D eigenvalue weighted by atomic mass is 35.5. The van der Waals surface area contributed by atoms with Crippen LogP contribution in [-0.4, -0.2) is 37.6 Å². The lowest BCUT2D eigenvalue weighted by atomic mass is 10.0. The average Bonchev–Trinajstić information content (AvgIpc) is 3.36. The molecule has 0 fully saturated rings. The summed E-state index contributed by atoms with van der Waals surface area (Å²) in [4.78, 5) is 23.1. The number of fused-ring (bicyclic) bond motifs is 4. The molecule has 4 aromatic rings. The largest absolute Gasteiger partial charge is 0.433 e. The number of hydrogen-bond acceptors (Lipinski definition) is 5. The summed E-state index contributed by atoms with van der Waals surface area (Å²) in [7, 11) is 3.38. The molecule has 1 aliphatic carbocycles. The molecule has 7 nitrogen and oxygen atoms in total. The molecule has 0 aliphatic heterocycles. The third kappa shape index (κ3) is 3.36. The van der Waals surface area contributed by atoms with E-state index in [1.807, 2.05) is 0 Å². The van der Waals surface area contributed by atoms with E-state index in [-0.39, 0.29) is 16.5 Å². The summed E-state index contributed by atoms with van der Waals surface area (Å²) in [6.07, 6.45) is -2.08. The molecule has 1 aromatic carbocycles. The minimum absolute atomic E-state index is 0.205. The van der Waals surface area contributed by atoms with Crippen molar-refractivity contribution in [1.82, 2.24) is 24.6 Å². The molecule has 0 spiro atoms. The van der Waals surface area contributed by atoms with Crippen molar-refractivity contribution >= 4 is 45.1 Å². The van der Waals surface area contributed by atoms with Crippen LogP contribution in [0.3, 0.4) is 0 Å². The first kappa shape index (κ1) is 21.4. The first-order valence-electron chi connectivity index (χ1n) is 10.1. The first-order chi connectivity index (χ1) is 15.6. The third-order valence-corrected chi connectivity index (χ3v) is 6.44. The first-order valence-corrected chi connectivity index (χ1v) is 10.5. The number of aryl methyl sites for hydroxylation is 2. The molecule has 0 radical (unpaired) electrons. The Kier molecular flexibility index (Phi) is 4.75. The fourth-order valence-electron chi connectivity index (χ4n) is 4.48. The molecule has 5 rings (SSSR count). The van der Waals surface area contributed by atoms with Crippen molar-refractivity contribution in [2.75, 3.05) is 12.8 Å². The Balaban J connectivity index is 1.55. The number of nitrogens with two attached hydrogens (primary N) is 1. The number of amides is 1. The maximum atomic E-state index is 13.4. The Bertz CT molecular complexity index is 1450. The van der Waals surface area contributed by atoms with E-state index < -0.39 is 17.9 Å². The number of carbonyl (C=O) groups excluding carboxylic acids is 1. The molecule has 0 saturated heterocycles. The van der Waals surface area contributed by atoms with Gasteiger partial charge in [-0.1, -0.05) is 17.7 Å². The summed E-state index contributed by atoms with van der Waals surface area (Å²) in [6.45, 7) is 0. The molecule has 0 bridgehead atoms. The molecule has 33 heavy (non-hydrogen) atoms. The Morgan fingerprint density at radius 3 is 2.73 bits per heavy atom. The van der Waals surface area contributed by atoms with Crippen LogP contribution in [0.1, 0.15) is 39.8 Å². The standard InChI is InChI=1S/C22H18ClF3N6O/c1-31(17-5-4-15-10(17)3-6-18(29-15)22(24,25)26)21(33)11-7-12-16(8-14(11)23)30-20(27)13-9-28-32(2)19(12)13/h3,6-9,17H,4-5H2,1-2H3,(H2,27,30). The highest BCUT2D eigenvalue weighted by Crippen LogP contribution is 2.38. The van der Waals surface area contributed by atoms with Crippen LogP contribution in [0.25, 0.3) is 21.8 Å². The number of benzene rings is 1. The summed E-state index contributed by atoms with van der Waals surface area (Å²) in [5.41, 5.74) is 7.59. The molecule has 1 unspecified atom stereocenters. The fraction of sp³-hybridized carbons (Fsp3) is 0.273. The summed E-state index contributed by atoms with van der Waals surface area (Å²) >= 11 is 6.45. The van der Waals surface area contributed by atoms with Gasteiger partial charge in [0.15, 0.2) is 0 Å². The number of pyridine rings is 2. The average molecular weight is 475 g/mol. The van der Waals surface area contributed by atoms with E-state index in [0.717, 1.165) is 11.6 Å². The van der Waals surface area contributed by atoms with Crippen molar-refractivity contribution in [3.63, 3.8) is 0 Å². The molecule has 11 heteroatoms. The second-order valence-electron chi connectivity index (χ2n) is 8.08.